The molecule has 0 bridgehead atoms. The Morgan fingerprint density at radius 3 is 1.87 bits per heavy atom. The molecule has 1 atom stereocenters. The summed E-state index contributed by atoms with van der Waals surface area (Å²) in [4.78, 5) is 0. The Labute approximate surface area is 134 Å². The van der Waals surface area contributed by atoms with Crippen molar-refractivity contribution in [2.24, 2.45) is 10.2 Å². The largest absolute Gasteiger partial charge is 0.510 e. The number of nitrogens with zero attached hydrogens (tertiary/aromatic N) is 2. The summed E-state index contributed by atoms with van der Waals surface area (Å²) in [6, 6.07) is 16.3. The Bertz CT molecular complexity index is 685. The summed E-state index contributed by atoms with van der Waals surface area (Å²) in [7, 11) is 1.60. The lowest BCUT2D eigenvalue weighted by atomic mass is 10.3. The third-order valence-corrected chi connectivity index (χ3v) is 3.09. The van der Waals surface area contributed by atoms with Gasteiger partial charge >= 0.3 is 6.10 Å². The number of rotatable bonds is 5. The lowest BCUT2D eigenvalue weighted by molar-refractivity contribution is -0.310. The smallest absolute Gasteiger partial charge is 0.497 e. The van der Waals surface area contributed by atoms with Gasteiger partial charge in [-0.3, -0.25) is 4.74 Å². The Balaban J connectivity index is 1.85. The zero-order valence-electron chi connectivity index (χ0n) is 13.2. The fourth-order valence-corrected chi connectivity index (χ4v) is 2.07. The molecule has 0 radical (unpaired) electrons. The first kappa shape index (κ1) is 15.3. The van der Waals surface area contributed by atoms with Crippen LogP contribution in [0.15, 0.2) is 64.8 Å². The fourth-order valence-electron chi connectivity index (χ4n) is 2.07. The number of hydrogen-bond acceptors (Lipinski definition) is 6. The van der Waals surface area contributed by atoms with E-state index in [0.717, 1.165) is 5.75 Å². The molecule has 23 heavy (non-hydrogen) atoms. The van der Waals surface area contributed by atoms with Crippen molar-refractivity contribution in [1.82, 2.24) is 0 Å². The Kier molecular flexibility index (Phi) is 3.92. The predicted molar refractivity (Wildman–Crippen MR) is 83.4 cm³/mol. The highest BCUT2D eigenvalue weighted by atomic mass is 16.9. The van der Waals surface area contributed by atoms with Gasteiger partial charge in [0.2, 0.25) is 0 Å². The summed E-state index contributed by atoms with van der Waals surface area (Å²) < 4.78 is 22.6. The maximum atomic E-state index is 5.84. The van der Waals surface area contributed by atoms with Crippen LogP contribution in [-0.2, 0) is 4.74 Å². The molecule has 0 amide bonds. The minimum absolute atomic E-state index is 0.526. The minimum Gasteiger partial charge on any atom is -0.497 e. The lowest BCUT2D eigenvalue weighted by Gasteiger charge is -2.27. The van der Waals surface area contributed by atoms with E-state index in [2.05, 4.69) is 10.2 Å². The first-order chi connectivity index (χ1) is 11.0. The van der Waals surface area contributed by atoms with Crippen LogP contribution in [0.5, 0.6) is 17.2 Å². The first-order valence-corrected chi connectivity index (χ1v) is 7.22. The van der Waals surface area contributed by atoms with Crippen molar-refractivity contribution in [1.29, 1.82) is 0 Å². The first-order valence-electron chi connectivity index (χ1n) is 7.22. The Morgan fingerprint density at radius 2 is 1.35 bits per heavy atom. The molecule has 0 spiro atoms. The molecule has 6 nitrogen and oxygen atoms in total. The molecule has 6 heteroatoms. The van der Waals surface area contributed by atoms with Crippen molar-refractivity contribution in [2.45, 2.75) is 25.7 Å². The topological polar surface area (TPSA) is 61.6 Å². The molecule has 1 unspecified atom stereocenters. The van der Waals surface area contributed by atoms with Gasteiger partial charge < -0.3 is 14.2 Å². The van der Waals surface area contributed by atoms with Crippen molar-refractivity contribution < 1.29 is 18.9 Å². The van der Waals surface area contributed by atoms with Gasteiger partial charge in [0.05, 0.1) is 7.11 Å². The molecule has 120 valence electrons. The molecule has 0 saturated heterocycles. The van der Waals surface area contributed by atoms with Gasteiger partial charge in [-0.05, 0) is 50.2 Å². The van der Waals surface area contributed by atoms with E-state index in [9.17, 15) is 0 Å². The monoisotopic (exact) mass is 314 g/mol. The Hall–Kier alpha value is -2.60. The van der Waals surface area contributed by atoms with E-state index in [0.29, 0.717) is 11.5 Å². The minimum atomic E-state index is -1.65. The van der Waals surface area contributed by atoms with Gasteiger partial charge in [-0.15, -0.1) is 5.11 Å². The van der Waals surface area contributed by atoms with E-state index < -0.39 is 11.8 Å². The molecule has 1 aliphatic heterocycles. The summed E-state index contributed by atoms with van der Waals surface area (Å²) in [5, 5.41) is 8.16. The molecule has 0 fully saturated rings. The fraction of sp³-hybridized carbons (Fsp3) is 0.294. The van der Waals surface area contributed by atoms with Crippen molar-refractivity contribution >= 4 is 0 Å². The summed E-state index contributed by atoms with van der Waals surface area (Å²) in [6.45, 7) is 3.56. The third kappa shape index (κ3) is 3.60. The van der Waals surface area contributed by atoms with Gasteiger partial charge in [-0.25, -0.2) is 0 Å². The zero-order chi connectivity index (χ0) is 16.3. The predicted octanol–water partition coefficient (Wildman–Crippen LogP) is 3.98. The highest BCUT2D eigenvalue weighted by Crippen LogP contribution is 2.36. The summed E-state index contributed by atoms with van der Waals surface area (Å²) in [5.41, 5.74) is -0.832. The van der Waals surface area contributed by atoms with Crippen LogP contribution >= 0.6 is 0 Å². The van der Waals surface area contributed by atoms with Gasteiger partial charge in [0.25, 0.3) is 0 Å². The summed E-state index contributed by atoms with van der Waals surface area (Å²) in [6.07, 6.45) is -1.65. The Morgan fingerprint density at radius 1 is 0.783 bits per heavy atom. The number of methoxy groups -OCH3 is 1. The van der Waals surface area contributed by atoms with Gasteiger partial charge in [-0.1, -0.05) is 23.3 Å². The molecule has 2 aromatic carbocycles. The molecule has 0 aromatic heterocycles. The molecule has 0 saturated carbocycles. The van der Waals surface area contributed by atoms with Crippen molar-refractivity contribution in [2.75, 3.05) is 7.11 Å². The number of para-hydroxylation sites is 1. The second-order valence-electron chi connectivity index (χ2n) is 5.47. The molecule has 1 aliphatic rings. The highest BCUT2D eigenvalue weighted by molar-refractivity contribution is 5.31. The van der Waals surface area contributed by atoms with Crippen molar-refractivity contribution in [3.05, 3.63) is 54.6 Å². The van der Waals surface area contributed by atoms with E-state index >= 15 is 0 Å². The second kappa shape index (κ2) is 5.89. The molecule has 0 aliphatic carbocycles. The zero-order valence-corrected chi connectivity index (χ0v) is 13.2. The number of hydrogen-bond donors (Lipinski definition) is 0. The average Bonchev–Trinajstić information content (AvgIpc) is 2.84. The van der Waals surface area contributed by atoms with Gasteiger partial charge in [-0.2, -0.15) is 0 Å². The molecule has 0 N–H and O–H groups in total. The van der Waals surface area contributed by atoms with Crippen LogP contribution in [0.1, 0.15) is 13.8 Å². The van der Waals surface area contributed by atoms with Crippen LogP contribution in [0, 0.1) is 0 Å². The van der Waals surface area contributed by atoms with Gasteiger partial charge in [0.1, 0.15) is 17.2 Å². The molecular weight excluding hydrogens is 296 g/mol. The third-order valence-electron chi connectivity index (χ3n) is 3.09. The molecule has 2 aromatic rings. The second-order valence-corrected chi connectivity index (χ2v) is 5.47. The molecular formula is C17H18N2O4. The quantitative estimate of drug-likeness (QED) is 0.783. The molecule has 1 heterocycles. The van der Waals surface area contributed by atoms with Crippen LogP contribution in [0.2, 0.25) is 0 Å². The van der Waals surface area contributed by atoms with Crippen LogP contribution in [0.3, 0.4) is 0 Å². The van der Waals surface area contributed by atoms with Crippen LogP contribution < -0.4 is 14.2 Å². The van der Waals surface area contributed by atoms with Crippen LogP contribution in [0.4, 0.5) is 0 Å². The maximum absolute atomic E-state index is 5.84. The average molecular weight is 314 g/mol. The maximum Gasteiger partial charge on any atom is 0.510 e. The van der Waals surface area contributed by atoms with E-state index in [-0.39, 0.29) is 0 Å². The van der Waals surface area contributed by atoms with Crippen LogP contribution in [-0.4, -0.2) is 18.9 Å². The standard InChI is InChI=1S/C17H18N2O4/c1-16(2)18-19-17(23-16,21-14-7-5-4-6-8-14)22-15-11-9-13(20-3)10-12-15/h4-12H,1-3H3. The van der Waals surface area contributed by atoms with Crippen molar-refractivity contribution in [3.63, 3.8) is 0 Å². The van der Waals surface area contributed by atoms with E-state index in [1.54, 1.807) is 57.4 Å². The number of ether oxygens (including phenoxy) is 4. The van der Waals surface area contributed by atoms with Gasteiger partial charge in [0, 0.05) is 0 Å². The highest BCUT2D eigenvalue weighted by Gasteiger charge is 2.49. The number of azo groups is 1. The van der Waals surface area contributed by atoms with Crippen molar-refractivity contribution in [3.8, 4) is 17.2 Å². The van der Waals surface area contributed by atoms with E-state index in [1.807, 2.05) is 18.2 Å². The molecule has 3 rings (SSSR count). The van der Waals surface area contributed by atoms with E-state index in [4.69, 9.17) is 18.9 Å². The lowest BCUT2D eigenvalue weighted by Crippen LogP contribution is -2.44. The van der Waals surface area contributed by atoms with Crippen LogP contribution in [0.25, 0.3) is 0 Å². The SMILES string of the molecule is COc1ccc(OC2(Oc3ccccc3)N=NC(C)(C)O2)cc1. The number of benzene rings is 2. The van der Waals surface area contributed by atoms with Gasteiger partial charge in [0.15, 0.2) is 5.72 Å². The summed E-state index contributed by atoms with van der Waals surface area (Å²) in [5.74, 6) is 1.82. The normalized spacial score (nSPS) is 21.9. The summed E-state index contributed by atoms with van der Waals surface area (Å²) >= 11 is 0. The van der Waals surface area contributed by atoms with E-state index in [1.165, 1.54) is 0 Å².